The largest absolute Gasteiger partial charge is 0.317 e. The van der Waals surface area contributed by atoms with Crippen LogP contribution in [-0.2, 0) is 6.42 Å². The van der Waals surface area contributed by atoms with Gasteiger partial charge in [-0.3, -0.25) is 0 Å². The van der Waals surface area contributed by atoms with Crippen molar-refractivity contribution >= 4 is 0 Å². The van der Waals surface area contributed by atoms with Gasteiger partial charge in [-0.05, 0) is 70.3 Å². The number of rotatable bonds is 6. The van der Waals surface area contributed by atoms with Gasteiger partial charge in [-0.1, -0.05) is 29.8 Å². The number of nitrogens with one attached hydrogen (secondary N) is 2. The minimum Gasteiger partial charge on any atom is -0.317 e. The molecule has 1 aliphatic rings. The molecule has 2 rings (SSSR count). The molecule has 2 heteroatoms. The maximum atomic E-state index is 3.58. The summed E-state index contributed by atoms with van der Waals surface area (Å²) in [5, 5.41) is 7.00. The molecule has 0 unspecified atom stereocenters. The molecule has 1 saturated heterocycles. The van der Waals surface area contributed by atoms with Crippen molar-refractivity contribution in [3.63, 3.8) is 0 Å². The van der Waals surface area contributed by atoms with Crippen LogP contribution in [0.4, 0.5) is 0 Å². The van der Waals surface area contributed by atoms with E-state index in [9.17, 15) is 0 Å². The molecule has 0 atom stereocenters. The Labute approximate surface area is 111 Å². The first-order chi connectivity index (χ1) is 8.84. The van der Waals surface area contributed by atoms with E-state index in [-0.39, 0.29) is 0 Å². The maximum absolute atomic E-state index is 3.58. The van der Waals surface area contributed by atoms with Crippen LogP contribution in [0.2, 0.25) is 0 Å². The molecule has 0 amide bonds. The molecule has 18 heavy (non-hydrogen) atoms. The second-order valence-corrected chi connectivity index (χ2v) is 5.47. The summed E-state index contributed by atoms with van der Waals surface area (Å²) in [4.78, 5) is 0. The number of piperidine rings is 1. The summed E-state index contributed by atoms with van der Waals surface area (Å²) >= 11 is 0. The van der Waals surface area contributed by atoms with Gasteiger partial charge in [0.1, 0.15) is 0 Å². The molecule has 1 aliphatic heterocycles. The number of aryl methyl sites for hydroxylation is 1. The van der Waals surface area contributed by atoms with E-state index in [0.717, 1.165) is 18.9 Å². The van der Waals surface area contributed by atoms with Crippen molar-refractivity contribution in [1.82, 2.24) is 10.6 Å². The van der Waals surface area contributed by atoms with Gasteiger partial charge in [0.05, 0.1) is 0 Å². The van der Waals surface area contributed by atoms with Gasteiger partial charge >= 0.3 is 0 Å². The van der Waals surface area contributed by atoms with Crippen molar-refractivity contribution in [2.45, 2.75) is 32.6 Å². The molecule has 1 fully saturated rings. The van der Waals surface area contributed by atoms with E-state index >= 15 is 0 Å². The van der Waals surface area contributed by atoms with Crippen molar-refractivity contribution in [2.75, 3.05) is 26.2 Å². The van der Waals surface area contributed by atoms with Gasteiger partial charge in [-0.2, -0.15) is 0 Å². The van der Waals surface area contributed by atoms with Crippen LogP contribution in [0.25, 0.3) is 0 Å². The average molecular weight is 246 g/mol. The second-order valence-electron chi connectivity index (χ2n) is 5.47. The van der Waals surface area contributed by atoms with Crippen LogP contribution in [0, 0.1) is 12.8 Å². The summed E-state index contributed by atoms with van der Waals surface area (Å²) in [6.07, 6.45) is 5.21. The molecule has 0 aromatic heterocycles. The number of hydrogen-bond acceptors (Lipinski definition) is 2. The lowest BCUT2D eigenvalue weighted by molar-refractivity contribution is 0.349. The predicted octanol–water partition coefficient (Wildman–Crippen LogP) is 2.52. The van der Waals surface area contributed by atoms with Crippen LogP contribution in [-0.4, -0.2) is 26.2 Å². The molecule has 0 radical (unpaired) electrons. The quantitative estimate of drug-likeness (QED) is 0.754. The van der Waals surface area contributed by atoms with Gasteiger partial charge in [-0.15, -0.1) is 0 Å². The Hall–Kier alpha value is -0.860. The molecule has 1 aromatic rings. The summed E-state index contributed by atoms with van der Waals surface area (Å²) in [5.41, 5.74) is 2.81. The molecule has 100 valence electrons. The van der Waals surface area contributed by atoms with E-state index in [2.05, 4.69) is 41.8 Å². The zero-order valence-electron chi connectivity index (χ0n) is 11.5. The summed E-state index contributed by atoms with van der Waals surface area (Å²) in [7, 11) is 0. The molecule has 0 saturated carbocycles. The van der Waals surface area contributed by atoms with E-state index in [4.69, 9.17) is 0 Å². The maximum Gasteiger partial charge on any atom is -0.000835 e. The Kier molecular flexibility index (Phi) is 5.69. The van der Waals surface area contributed by atoms with Crippen LogP contribution in [0.3, 0.4) is 0 Å². The SMILES string of the molecule is Cc1cccc(CCNCCC2CCNCC2)c1. The molecular weight excluding hydrogens is 220 g/mol. The lowest BCUT2D eigenvalue weighted by Gasteiger charge is -2.22. The van der Waals surface area contributed by atoms with Gasteiger partial charge in [0.15, 0.2) is 0 Å². The highest BCUT2D eigenvalue weighted by molar-refractivity contribution is 5.22. The Bertz CT molecular complexity index is 343. The molecule has 0 aliphatic carbocycles. The Balaban J connectivity index is 1.55. The van der Waals surface area contributed by atoms with Crippen molar-refractivity contribution in [1.29, 1.82) is 0 Å². The summed E-state index contributed by atoms with van der Waals surface area (Å²) in [6, 6.07) is 8.82. The molecular formula is C16H26N2. The van der Waals surface area contributed by atoms with Crippen molar-refractivity contribution in [2.24, 2.45) is 5.92 Å². The van der Waals surface area contributed by atoms with Crippen molar-refractivity contribution in [3.05, 3.63) is 35.4 Å². The number of hydrogen-bond donors (Lipinski definition) is 2. The molecule has 2 N–H and O–H groups in total. The molecule has 2 nitrogen and oxygen atoms in total. The highest BCUT2D eigenvalue weighted by Gasteiger charge is 2.11. The summed E-state index contributed by atoms with van der Waals surface area (Å²) in [5.74, 6) is 0.942. The van der Waals surface area contributed by atoms with Gasteiger partial charge in [-0.25, -0.2) is 0 Å². The highest BCUT2D eigenvalue weighted by Crippen LogP contribution is 2.14. The van der Waals surface area contributed by atoms with Gasteiger partial charge < -0.3 is 10.6 Å². The molecule has 1 heterocycles. The normalized spacial score (nSPS) is 16.9. The lowest BCUT2D eigenvalue weighted by atomic mass is 9.95. The third-order valence-electron chi connectivity index (χ3n) is 3.86. The summed E-state index contributed by atoms with van der Waals surface area (Å²) < 4.78 is 0. The topological polar surface area (TPSA) is 24.1 Å². The van der Waals surface area contributed by atoms with Gasteiger partial charge in [0, 0.05) is 0 Å². The standard InChI is InChI=1S/C16H26N2/c1-14-3-2-4-16(13-14)8-12-18-11-7-15-5-9-17-10-6-15/h2-4,13,15,17-18H,5-12H2,1H3. The van der Waals surface area contributed by atoms with E-state index < -0.39 is 0 Å². The minimum absolute atomic E-state index is 0.942. The van der Waals surface area contributed by atoms with Crippen molar-refractivity contribution in [3.8, 4) is 0 Å². The van der Waals surface area contributed by atoms with E-state index in [0.29, 0.717) is 0 Å². The van der Waals surface area contributed by atoms with Gasteiger partial charge in [0.25, 0.3) is 0 Å². The average Bonchev–Trinajstić information content (AvgIpc) is 2.40. The fourth-order valence-corrected chi connectivity index (χ4v) is 2.70. The van der Waals surface area contributed by atoms with E-state index in [1.807, 2.05) is 0 Å². The first kappa shape index (κ1) is 13.6. The van der Waals surface area contributed by atoms with Gasteiger partial charge in [0.2, 0.25) is 0 Å². The van der Waals surface area contributed by atoms with E-state index in [1.165, 1.54) is 50.0 Å². The van der Waals surface area contributed by atoms with Crippen LogP contribution in [0.15, 0.2) is 24.3 Å². The Morgan fingerprint density at radius 3 is 2.83 bits per heavy atom. The first-order valence-electron chi connectivity index (χ1n) is 7.31. The monoisotopic (exact) mass is 246 g/mol. The third-order valence-corrected chi connectivity index (χ3v) is 3.86. The zero-order valence-corrected chi connectivity index (χ0v) is 11.5. The first-order valence-corrected chi connectivity index (χ1v) is 7.31. The molecule has 0 spiro atoms. The molecule has 0 bridgehead atoms. The minimum atomic E-state index is 0.942. The third kappa shape index (κ3) is 4.79. The summed E-state index contributed by atoms with van der Waals surface area (Å²) in [6.45, 7) is 6.88. The fraction of sp³-hybridized carbons (Fsp3) is 0.625. The van der Waals surface area contributed by atoms with Crippen LogP contribution >= 0.6 is 0 Å². The highest BCUT2D eigenvalue weighted by atomic mass is 14.9. The van der Waals surface area contributed by atoms with Crippen LogP contribution < -0.4 is 10.6 Å². The molecule has 1 aromatic carbocycles. The fourth-order valence-electron chi connectivity index (χ4n) is 2.70. The predicted molar refractivity (Wildman–Crippen MR) is 78.0 cm³/mol. The smallest absolute Gasteiger partial charge is 0.000835 e. The lowest BCUT2D eigenvalue weighted by Crippen LogP contribution is -2.30. The van der Waals surface area contributed by atoms with Crippen LogP contribution in [0.5, 0.6) is 0 Å². The van der Waals surface area contributed by atoms with Crippen LogP contribution in [0.1, 0.15) is 30.4 Å². The number of benzene rings is 1. The zero-order chi connectivity index (χ0) is 12.6. The van der Waals surface area contributed by atoms with Crippen molar-refractivity contribution < 1.29 is 0 Å². The Morgan fingerprint density at radius 2 is 2.06 bits per heavy atom. The Morgan fingerprint density at radius 1 is 1.22 bits per heavy atom. The second kappa shape index (κ2) is 7.55. The van der Waals surface area contributed by atoms with E-state index in [1.54, 1.807) is 0 Å².